The first-order valence-electron chi connectivity index (χ1n) is 7.12. The number of amides is 1. The van der Waals surface area contributed by atoms with Crippen molar-refractivity contribution in [2.75, 3.05) is 0 Å². The fraction of sp³-hybridized carbons (Fsp3) is 0.111. The van der Waals surface area contributed by atoms with Crippen LogP contribution in [0.2, 0.25) is 5.02 Å². The van der Waals surface area contributed by atoms with Gasteiger partial charge in [0.1, 0.15) is 5.75 Å². The van der Waals surface area contributed by atoms with Crippen molar-refractivity contribution in [3.05, 3.63) is 71.3 Å². The number of hydrogen-bond acceptors (Lipinski definition) is 3. The lowest BCUT2D eigenvalue weighted by Gasteiger charge is -2.12. The number of hydrazone groups is 1. The summed E-state index contributed by atoms with van der Waals surface area (Å²) >= 11 is 5.79. The predicted molar refractivity (Wildman–Crippen MR) is 93.7 cm³/mol. The van der Waals surface area contributed by atoms with Gasteiger partial charge in [-0.2, -0.15) is 5.10 Å². The van der Waals surface area contributed by atoms with Gasteiger partial charge in [-0.15, -0.1) is 0 Å². The van der Waals surface area contributed by atoms with Crippen molar-refractivity contribution in [2.24, 2.45) is 5.10 Å². The summed E-state index contributed by atoms with van der Waals surface area (Å²) in [4.78, 5) is 11.8. The summed E-state index contributed by atoms with van der Waals surface area (Å²) in [6.45, 7) is 1.65. The molecule has 1 amide bonds. The van der Waals surface area contributed by atoms with E-state index in [-0.39, 0.29) is 5.91 Å². The van der Waals surface area contributed by atoms with Crippen LogP contribution in [-0.4, -0.2) is 18.2 Å². The highest BCUT2D eigenvalue weighted by molar-refractivity contribution is 6.30. The van der Waals surface area contributed by atoms with Crippen LogP contribution in [0, 0.1) is 0 Å². The van der Waals surface area contributed by atoms with E-state index in [1.807, 2.05) is 36.4 Å². The van der Waals surface area contributed by atoms with Crippen molar-refractivity contribution < 1.29 is 9.53 Å². The van der Waals surface area contributed by atoms with E-state index in [2.05, 4.69) is 10.5 Å². The number of halogens is 1. The molecule has 1 atom stereocenters. The maximum Gasteiger partial charge on any atom is 0.280 e. The SMILES string of the molecule is CC(Oc1ccc(Cl)cc1)C(=O)N/N=C/C=C/c1ccccc1. The predicted octanol–water partition coefficient (Wildman–Crippen LogP) is 3.92. The van der Waals surface area contributed by atoms with Gasteiger partial charge in [-0.05, 0) is 42.8 Å². The average Bonchev–Trinajstić information content (AvgIpc) is 2.57. The molecular formula is C18H17ClN2O2. The van der Waals surface area contributed by atoms with Crippen LogP contribution < -0.4 is 10.2 Å². The van der Waals surface area contributed by atoms with Crippen LogP contribution in [0.1, 0.15) is 12.5 Å². The van der Waals surface area contributed by atoms with Crippen molar-refractivity contribution in [2.45, 2.75) is 13.0 Å². The first-order chi connectivity index (χ1) is 11.1. The number of nitrogens with one attached hydrogen (secondary N) is 1. The van der Waals surface area contributed by atoms with Gasteiger partial charge in [-0.3, -0.25) is 4.79 Å². The van der Waals surface area contributed by atoms with E-state index in [4.69, 9.17) is 16.3 Å². The zero-order valence-electron chi connectivity index (χ0n) is 12.6. The Morgan fingerprint density at radius 3 is 2.57 bits per heavy atom. The molecule has 0 aromatic heterocycles. The Hall–Kier alpha value is -2.59. The smallest absolute Gasteiger partial charge is 0.280 e. The van der Waals surface area contributed by atoms with Crippen LogP contribution in [-0.2, 0) is 4.79 Å². The number of allylic oxidation sites excluding steroid dienone is 1. The summed E-state index contributed by atoms with van der Waals surface area (Å²) in [5, 5.41) is 4.47. The van der Waals surface area contributed by atoms with Gasteiger partial charge < -0.3 is 4.74 Å². The van der Waals surface area contributed by atoms with Crippen LogP contribution in [0.5, 0.6) is 5.75 Å². The molecule has 5 heteroatoms. The Balaban J connectivity index is 1.78. The molecule has 1 N–H and O–H groups in total. The highest BCUT2D eigenvalue weighted by atomic mass is 35.5. The summed E-state index contributed by atoms with van der Waals surface area (Å²) in [7, 11) is 0. The van der Waals surface area contributed by atoms with Crippen molar-refractivity contribution in [3.63, 3.8) is 0 Å². The number of benzene rings is 2. The molecule has 1 unspecified atom stereocenters. The molecule has 0 heterocycles. The zero-order valence-corrected chi connectivity index (χ0v) is 13.4. The standard InChI is InChI=1S/C18H17ClN2O2/c1-14(23-17-11-9-16(19)10-12-17)18(22)21-20-13-5-8-15-6-3-2-4-7-15/h2-14H,1H3,(H,21,22)/b8-5+,20-13+. The van der Waals surface area contributed by atoms with E-state index in [0.29, 0.717) is 10.8 Å². The van der Waals surface area contributed by atoms with Crippen LogP contribution >= 0.6 is 11.6 Å². The minimum Gasteiger partial charge on any atom is -0.481 e. The maximum atomic E-state index is 11.8. The third-order valence-corrected chi connectivity index (χ3v) is 3.17. The number of carbonyl (C=O) groups excluding carboxylic acids is 1. The van der Waals surface area contributed by atoms with Crippen LogP contribution in [0.3, 0.4) is 0 Å². The van der Waals surface area contributed by atoms with Gasteiger partial charge in [-0.25, -0.2) is 5.43 Å². The van der Waals surface area contributed by atoms with Crippen molar-refractivity contribution >= 4 is 29.8 Å². The molecule has 0 saturated heterocycles. The number of rotatable bonds is 6. The monoisotopic (exact) mass is 328 g/mol. The van der Waals surface area contributed by atoms with Crippen LogP contribution in [0.15, 0.2) is 65.8 Å². The maximum absolute atomic E-state index is 11.8. The Kier molecular flexibility index (Phi) is 6.39. The third kappa shape index (κ3) is 5.96. The van der Waals surface area contributed by atoms with Gasteiger partial charge in [0.15, 0.2) is 6.10 Å². The van der Waals surface area contributed by atoms with Crippen LogP contribution in [0.25, 0.3) is 6.08 Å². The van der Waals surface area contributed by atoms with Gasteiger partial charge in [0.2, 0.25) is 0 Å². The molecule has 0 aliphatic carbocycles. The molecule has 0 bridgehead atoms. The second-order valence-electron chi connectivity index (χ2n) is 4.74. The molecule has 23 heavy (non-hydrogen) atoms. The largest absolute Gasteiger partial charge is 0.481 e. The van der Waals surface area contributed by atoms with E-state index in [1.54, 1.807) is 37.3 Å². The molecule has 4 nitrogen and oxygen atoms in total. The summed E-state index contributed by atoms with van der Waals surface area (Å²) in [6.07, 6.45) is 4.50. The molecule has 0 radical (unpaired) electrons. The molecule has 0 spiro atoms. The van der Waals surface area contributed by atoms with Gasteiger partial charge in [0.05, 0.1) is 0 Å². The molecule has 2 rings (SSSR count). The Bertz CT molecular complexity index is 682. The average molecular weight is 329 g/mol. The first-order valence-corrected chi connectivity index (χ1v) is 7.50. The van der Waals surface area contributed by atoms with Gasteiger partial charge in [0.25, 0.3) is 5.91 Å². The Labute approximate surface area is 140 Å². The quantitative estimate of drug-likeness (QED) is 0.645. The molecule has 0 aliphatic rings. The molecule has 2 aromatic rings. The third-order valence-electron chi connectivity index (χ3n) is 2.92. The highest BCUT2D eigenvalue weighted by Gasteiger charge is 2.13. The minimum absolute atomic E-state index is 0.329. The summed E-state index contributed by atoms with van der Waals surface area (Å²) in [6, 6.07) is 16.6. The fourth-order valence-corrected chi connectivity index (χ4v) is 1.85. The first kappa shape index (κ1) is 16.8. The normalized spacial score (nSPS) is 12.4. The fourth-order valence-electron chi connectivity index (χ4n) is 1.72. The molecule has 118 valence electrons. The Morgan fingerprint density at radius 1 is 1.17 bits per heavy atom. The highest BCUT2D eigenvalue weighted by Crippen LogP contribution is 2.16. The summed E-state index contributed by atoms with van der Waals surface area (Å²) in [5.74, 6) is 0.245. The lowest BCUT2D eigenvalue weighted by Crippen LogP contribution is -2.33. The van der Waals surface area contributed by atoms with E-state index < -0.39 is 6.10 Å². The minimum atomic E-state index is -0.661. The molecule has 0 aliphatic heterocycles. The van der Waals surface area contributed by atoms with E-state index in [9.17, 15) is 4.79 Å². The van der Waals surface area contributed by atoms with Crippen LogP contribution in [0.4, 0.5) is 0 Å². The van der Waals surface area contributed by atoms with Gasteiger partial charge >= 0.3 is 0 Å². The van der Waals surface area contributed by atoms with Gasteiger partial charge in [0, 0.05) is 11.2 Å². The number of carbonyl (C=O) groups is 1. The number of nitrogens with zero attached hydrogens (tertiary/aromatic N) is 1. The molecular weight excluding hydrogens is 312 g/mol. The van der Waals surface area contributed by atoms with E-state index in [1.165, 1.54) is 6.21 Å². The Morgan fingerprint density at radius 2 is 1.87 bits per heavy atom. The summed E-state index contributed by atoms with van der Waals surface area (Å²) in [5.41, 5.74) is 3.49. The van der Waals surface area contributed by atoms with Crippen molar-refractivity contribution in [3.8, 4) is 5.75 Å². The van der Waals surface area contributed by atoms with E-state index >= 15 is 0 Å². The number of hydrogen-bond donors (Lipinski definition) is 1. The van der Waals surface area contributed by atoms with Crippen molar-refractivity contribution in [1.82, 2.24) is 5.43 Å². The lowest BCUT2D eigenvalue weighted by atomic mass is 10.2. The van der Waals surface area contributed by atoms with Crippen molar-refractivity contribution in [1.29, 1.82) is 0 Å². The second kappa shape index (κ2) is 8.76. The molecule has 0 fully saturated rings. The topological polar surface area (TPSA) is 50.7 Å². The second-order valence-corrected chi connectivity index (χ2v) is 5.17. The molecule has 2 aromatic carbocycles. The molecule has 0 saturated carbocycles. The lowest BCUT2D eigenvalue weighted by molar-refractivity contribution is -0.127. The number of ether oxygens (including phenoxy) is 1. The zero-order chi connectivity index (χ0) is 16.5. The van der Waals surface area contributed by atoms with E-state index in [0.717, 1.165) is 5.56 Å². The summed E-state index contributed by atoms with van der Waals surface area (Å²) < 4.78 is 5.49. The van der Waals surface area contributed by atoms with Gasteiger partial charge in [-0.1, -0.05) is 48.0 Å².